The minimum Gasteiger partial charge on any atom is -0.481 e. The Morgan fingerprint density at radius 1 is 1.33 bits per heavy atom. The van der Waals surface area contributed by atoms with Crippen LogP contribution >= 0.6 is 0 Å². The van der Waals surface area contributed by atoms with Crippen molar-refractivity contribution in [3.05, 3.63) is 29.8 Å². The molecule has 1 N–H and O–H groups in total. The molecular formula is C15H21NO4S. The van der Waals surface area contributed by atoms with E-state index in [0.29, 0.717) is 25.4 Å². The Morgan fingerprint density at radius 3 is 2.57 bits per heavy atom. The fraction of sp³-hybridized carbons (Fsp3) is 0.533. The maximum Gasteiger partial charge on any atom is 0.303 e. The van der Waals surface area contributed by atoms with E-state index >= 15 is 0 Å². The van der Waals surface area contributed by atoms with Crippen LogP contribution in [0.5, 0.6) is 0 Å². The molecule has 1 aromatic rings. The molecule has 1 atom stereocenters. The van der Waals surface area contributed by atoms with Crippen molar-refractivity contribution in [3.63, 3.8) is 0 Å². The zero-order valence-electron chi connectivity index (χ0n) is 12.2. The van der Waals surface area contributed by atoms with E-state index in [0.717, 1.165) is 18.4 Å². The van der Waals surface area contributed by atoms with Crippen LogP contribution in [0.2, 0.25) is 0 Å². The van der Waals surface area contributed by atoms with Crippen molar-refractivity contribution in [3.8, 4) is 0 Å². The molecular weight excluding hydrogens is 290 g/mol. The normalized spacial score (nSPS) is 20.3. The van der Waals surface area contributed by atoms with Gasteiger partial charge in [0.05, 0.1) is 4.90 Å². The lowest BCUT2D eigenvalue weighted by Gasteiger charge is -2.30. The molecule has 116 valence electrons. The lowest BCUT2D eigenvalue weighted by Crippen LogP contribution is -2.39. The number of piperidine rings is 1. The molecule has 0 spiro atoms. The summed E-state index contributed by atoms with van der Waals surface area (Å²) < 4.78 is 26.6. The summed E-state index contributed by atoms with van der Waals surface area (Å²) in [5.41, 5.74) is 0.836. The van der Waals surface area contributed by atoms with E-state index in [1.54, 1.807) is 28.6 Å². The number of nitrogens with zero attached hydrogens (tertiary/aromatic N) is 1. The van der Waals surface area contributed by atoms with Gasteiger partial charge < -0.3 is 5.11 Å². The number of carbonyl (C=O) groups is 1. The molecule has 0 amide bonds. The summed E-state index contributed by atoms with van der Waals surface area (Å²) in [6.45, 7) is 3.22. The predicted molar refractivity (Wildman–Crippen MR) is 79.6 cm³/mol. The van der Waals surface area contributed by atoms with Crippen molar-refractivity contribution in [1.82, 2.24) is 4.31 Å². The number of rotatable bonds is 5. The first-order chi connectivity index (χ1) is 9.89. The predicted octanol–water partition coefficient (Wildman–Crippen LogP) is 2.12. The molecule has 1 saturated heterocycles. The molecule has 0 bridgehead atoms. The summed E-state index contributed by atoms with van der Waals surface area (Å²) in [7, 11) is -3.43. The molecule has 21 heavy (non-hydrogen) atoms. The second kappa shape index (κ2) is 6.58. The highest BCUT2D eigenvalue weighted by atomic mass is 32.2. The van der Waals surface area contributed by atoms with E-state index < -0.39 is 16.0 Å². The topological polar surface area (TPSA) is 74.7 Å². The summed E-state index contributed by atoms with van der Waals surface area (Å²) in [5.74, 6) is -0.461. The van der Waals surface area contributed by atoms with E-state index in [2.05, 4.69) is 6.92 Å². The fourth-order valence-corrected chi connectivity index (χ4v) is 4.19. The Labute approximate surface area is 125 Å². The van der Waals surface area contributed by atoms with Crippen LogP contribution in [0.4, 0.5) is 0 Å². The minimum atomic E-state index is -3.43. The monoisotopic (exact) mass is 311 g/mol. The summed E-state index contributed by atoms with van der Waals surface area (Å²) in [4.78, 5) is 10.8. The zero-order chi connectivity index (χ0) is 15.5. The quantitative estimate of drug-likeness (QED) is 0.904. The number of hydrogen-bond donors (Lipinski definition) is 1. The molecule has 5 nitrogen and oxygen atoms in total. The molecule has 0 aromatic heterocycles. The van der Waals surface area contributed by atoms with Crippen LogP contribution in [0.15, 0.2) is 29.2 Å². The second-order valence-electron chi connectivity index (χ2n) is 5.65. The number of carboxylic acids is 1. The molecule has 2 rings (SSSR count). The molecule has 1 fully saturated rings. The number of benzene rings is 1. The maximum atomic E-state index is 12.5. The molecule has 1 aliphatic heterocycles. The van der Waals surface area contributed by atoms with E-state index in [1.165, 1.54) is 0 Å². The van der Waals surface area contributed by atoms with Gasteiger partial charge in [-0.1, -0.05) is 19.1 Å². The van der Waals surface area contributed by atoms with Gasteiger partial charge in [-0.3, -0.25) is 4.79 Å². The number of sulfonamides is 1. The van der Waals surface area contributed by atoms with Gasteiger partial charge in [0, 0.05) is 19.5 Å². The molecule has 0 aliphatic carbocycles. The summed E-state index contributed by atoms with van der Waals surface area (Å²) in [6, 6.07) is 6.55. The van der Waals surface area contributed by atoms with Gasteiger partial charge in [0.2, 0.25) is 10.0 Å². The van der Waals surface area contributed by atoms with Gasteiger partial charge in [-0.2, -0.15) is 4.31 Å². The van der Waals surface area contributed by atoms with Gasteiger partial charge in [0.1, 0.15) is 0 Å². The van der Waals surface area contributed by atoms with Crippen LogP contribution in [0.25, 0.3) is 0 Å². The molecule has 0 radical (unpaired) electrons. The first-order valence-electron chi connectivity index (χ1n) is 7.20. The highest BCUT2D eigenvalue weighted by molar-refractivity contribution is 7.89. The average Bonchev–Trinajstić information content (AvgIpc) is 2.45. The first-order valence-corrected chi connectivity index (χ1v) is 8.64. The van der Waals surface area contributed by atoms with Crippen molar-refractivity contribution in [1.29, 1.82) is 0 Å². The highest BCUT2D eigenvalue weighted by Gasteiger charge is 2.28. The first kappa shape index (κ1) is 16.0. The van der Waals surface area contributed by atoms with Crippen molar-refractivity contribution < 1.29 is 18.3 Å². The van der Waals surface area contributed by atoms with E-state index in [1.807, 2.05) is 0 Å². The van der Waals surface area contributed by atoms with Crippen molar-refractivity contribution >= 4 is 16.0 Å². The lowest BCUT2D eigenvalue weighted by atomic mass is 10.0. The number of hydrogen-bond acceptors (Lipinski definition) is 3. The standard InChI is InChI=1S/C15H21NO4S/c1-12-3-2-10-16(11-12)21(19,20)14-7-4-13(5-8-14)6-9-15(17)18/h4-5,7-8,12H,2-3,6,9-11H2,1H3,(H,17,18)/t12-/m1/s1. The van der Waals surface area contributed by atoms with Crippen LogP contribution in [0.3, 0.4) is 0 Å². The maximum absolute atomic E-state index is 12.5. The number of aryl methyl sites for hydroxylation is 1. The fourth-order valence-electron chi connectivity index (χ4n) is 2.59. The van der Waals surface area contributed by atoms with Crippen molar-refractivity contribution in [2.75, 3.05) is 13.1 Å². The van der Waals surface area contributed by atoms with Crippen LogP contribution in [-0.2, 0) is 21.2 Å². The molecule has 0 unspecified atom stereocenters. The Hall–Kier alpha value is -1.40. The van der Waals surface area contributed by atoms with Gasteiger partial charge in [-0.05, 0) is 42.9 Å². The SMILES string of the molecule is C[C@@H]1CCCN(S(=O)(=O)c2ccc(CCC(=O)O)cc2)C1. The Kier molecular flexibility index (Phi) is 5.00. The third-order valence-electron chi connectivity index (χ3n) is 3.81. The van der Waals surface area contributed by atoms with Crippen LogP contribution in [-0.4, -0.2) is 36.9 Å². The van der Waals surface area contributed by atoms with Gasteiger partial charge in [0.25, 0.3) is 0 Å². The summed E-state index contributed by atoms with van der Waals surface area (Å²) in [5, 5.41) is 8.65. The third-order valence-corrected chi connectivity index (χ3v) is 5.69. The largest absolute Gasteiger partial charge is 0.481 e. The van der Waals surface area contributed by atoms with Crippen LogP contribution < -0.4 is 0 Å². The highest BCUT2D eigenvalue weighted by Crippen LogP contribution is 2.23. The summed E-state index contributed by atoms with van der Waals surface area (Å²) in [6.07, 6.45) is 2.43. The van der Waals surface area contributed by atoms with Crippen LogP contribution in [0.1, 0.15) is 31.7 Å². The van der Waals surface area contributed by atoms with Gasteiger partial charge in [-0.25, -0.2) is 8.42 Å². The second-order valence-corrected chi connectivity index (χ2v) is 7.59. The van der Waals surface area contributed by atoms with Crippen molar-refractivity contribution in [2.45, 2.75) is 37.5 Å². The van der Waals surface area contributed by atoms with Crippen molar-refractivity contribution in [2.24, 2.45) is 5.92 Å². The Bertz CT molecular complexity index is 595. The number of carboxylic acid groups (broad SMARTS) is 1. The summed E-state index contributed by atoms with van der Waals surface area (Å²) >= 11 is 0. The van der Waals surface area contributed by atoms with Gasteiger partial charge >= 0.3 is 5.97 Å². The zero-order valence-corrected chi connectivity index (χ0v) is 13.0. The Balaban J connectivity index is 2.11. The molecule has 1 heterocycles. The molecule has 6 heteroatoms. The molecule has 0 saturated carbocycles. The van der Waals surface area contributed by atoms with Crippen LogP contribution in [0, 0.1) is 5.92 Å². The van der Waals surface area contributed by atoms with E-state index in [9.17, 15) is 13.2 Å². The lowest BCUT2D eigenvalue weighted by molar-refractivity contribution is -0.136. The minimum absolute atomic E-state index is 0.0513. The van der Waals surface area contributed by atoms with Gasteiger partial charge in [0.15, 0.2) is 0 Å². The average molecular weight is 311 g/mol. The smallest absolute Gasteiger partial charge is 0.303 e. The van der Waals surface area contributed by atoms with E-state index in [4.69, 9.17) is 5.11 Å². The molecule has 1 aromatic carbocycles. The molecule has 1 aliphatic rings. The van der Waals surface area contributed by atoms with Gasteiger partial charge in [-0.15, -0.1) is 0 Å². The Morgan fingerprint density at radius 2 is 2.00 bits per heavy atom. The van der Waals surface area contributed by atoms with E-state index in [-0.39, 0.29) is 11.3 Å². The number of aliphatic carboxylic acids is 1. The third kappa shape index (κ3) is 4.04.